The average molecular weight is 220 g/mol. The van der Waals surface area contributed by atoms with Crippen LogP contribution in [0.3, 0.4) is 0 Å². The summed E-state index contributed by atoms with van der Waals surface area (Å²) in [6.45, 7) is 8.42. The van der Waals surface area contributed by atoms with Gasteiger partial charge in [-0.2, -0.15) is 0 Å². The Morgan fingerprint density at radius 2 is 1.81 bits per heavy atom. The van der Waals surface area contributed by atoms with Gasteiger partial charge in [0.2, 0.25) is 0 Å². The van der Waals surface area contributed by atoms with Crippen LogP contribution < -0.4 is 0 Å². The zero-order valence-electron chi connectivity index (χ0n) is 10.5. The Morgan fingerprint density at radius 3 is 2.38 bits per heavy atom. The molecule has 1 aliphatic rings. The second kappa shape index (κ2) is 4.19. The molecule has 1 saturated heterocycles. The fourth-order valence-corrected chi connectivity index (χ4v) is 2.19. The molecule has 0 aromatic heterocycles. The van der Waals surface area contributed by atoms with E-state index < -0.39 is 0 Å². The second-order valence-corrected chi connectivity index (χ2v) is 5.27. The summed E-state index contributed by atoms with van der Waals surface area (Å²) in [5.41, 5.74) is 2.25. The molecule has 0 N–H and O–H groups in total. The lowest BCUT2D eigenvalue weighted by Crippen LogP contribution is -2.38. The third-order valence-corrected chi connectivity index (χ3v) is 2.91. The summed E-state index contributed by atoms with van der Waals surface area (Å²) < 4.78 is 11.8. The van der Waals surface area contributed by atoms with Crippen LogP contribution in [0.4, 0.5) is 0 Å². The quantitative estimate of drug-likeness (QED) is 0.720. The number of hydrogen-bond acceptors (Lipinski definition) is 2. The number of ether oxygens (including phenoxy) is 2. The van der Waals surface area contributed by atoms with E-state index in [1.54, 1.807) is 0 Å². The van der Waals surface area contributed by atoms with Gasteiger partial charge in [0.15, 0.2) is 6.29 Å². The van der Waals surface area contributed by atoms with E-state index in [9.17, 15) is 0 Å². The Balaban J connectivity index is 2.17. The van der Waals surface area contributed by atoms with Gasteiger partial charge in [-0.05, 0) is 27.7 Å². The maximum Gasteiger partial charge on any atom is 0.184 e. The molecule has 1 aliphatic heterocycles. The summed E-state index contributed by atoms with van der Waals surface area (Å²) in [5, 5.41) is 0. The van der Waals surface area contributed by atoms with Gasteiger partial charge in [0.05, 0.1) is 11.7 Å². The number of rotatable bonds is 1. The van der Waals surface area contributed by atoms with Gasteiger partial charge in [0.25, 0.3) is 0 Å². The standard InChI is InChI=1S/C14H20O2/c1-10-5-7-12(8-6-10)13-15-11(2)9-14(3,4)16-13/h5-8,11,13H,9H2,1-4H3/t11-,13+/m0/s1. The first-order chi connectivity index (χ1) is 7.46. The van der Waals surface area contributed by atoms with Gasteiger partial charge in [0.1, 0.15) is 0 Å². The molecule has 1 aromatic carbocycles. The number of hydrogen-bond donors (Lipinski definition) is 0. The highest BCUT2D eigenvalue weighted by molar-refractivity contribution is 5.22. The zero-order chi connectivity index (χ0) is 11.8. The van der Waals surface area contributed by atoms with Crippen LogP contribution in [0.2, 0.25) is 0 Å². The van der Waals surface area contributed by atoms with Crippen molar-refractivity contribution in [1.82, 2.24) is 0 Å². The maximum absolute atomic E-state index is 5.95. The van der Waals surface area contributed by atoms with Crippen molar-refractivity contribution in [1.29, 1.82) is 0 Å². The Hall–Kier alpha value is -0.860. The van der Waals surface area contributed by atoms with E-state index in [-0.39, 0.29) is 18.0 Å². The lowest BCUT2D eigenvalue weighted by molar-refractivity contribution is -0.273. The summed E-state index contributed by atoms with van der Waals surface area (Å²) in [6.07, 6.45) is 0.962. The Kier molecular flexibility index (Phi) is 3.04. The second-order valence-electron chi connectivity index (χ2n) is 5.27. The molecule has 2 atom stereocenters. The highest BCUT2D eigenvalue weighted by atomic mass is 16.7. The van der Waals surface area contributed by atoms with E-state index in [1.807, 2.05) is 0 Å². The van der Waals surface area contributed by atoms with Crippen LogP contribution in [-0.4, -0.2) is 11.7 Å². The van der Waals surface area contributed by atoms with Crippen LogP contribution >= 0.6 is 0 Å². The van der Waals surface area contributed by atoms with E-state index in [0.29, 0.717) is 0 Å². The smallest absolute Gasteiger partial charge is 0.184 e. The van der Waals surface area contributed by atoms with Gasteiger partial charge in [-0.3, -0.25) is 0 Å². The van der Waals surface area contributed by atoms with Crippen LogP contribution in [0.25, 0.3) is 0 Å². The van der Waals surface area contributed by atoms with Crippen LogP contribution in [0, 0.1) is 6.92 Å². The van der Waals surface area contributed by atoms with Gasteiger partial charge in [0, 0.05) is 12.0 Å². The first kappa shape index (κ1) is 11.6. The number of aryl methyl sites for hydroxylation is 1. The number of benzene rings is 1. The summed E-state index contributed by atoms with van der Waals surface area (Å²) in [5.74, 6) is 0. The minimum Gasteiger partial charge on any atom is -0.345 e. The molecule has 0 amide bonds. The first-order valence-corrected chi connectivity index (χ1v) is 5.86. The molecule has 2 heteroatoms. The third kappa shape index (κ3) is 2.63. The maximum atomic E-state index is 5.95. The van der Waals surface area contributed by atoms with Gasteiger partial charge in [-0.25, -0.2) is 0 Å². The monoisotopic (exact) mass is 220 g/mol. The van der Waals surface area contributed by atoms with Crippen molar-refractivity contribution < 1.29 is 9.47 Å². The fraction of sp³-hybridized carbons (Fsp3) is 0.571. The zero-order valence-corrected chi connectivity index (χ0v) is 10.5. The fourth-order valence-electron chi connectivity index (χ4n) is 2.19. The van der Waals surface area contributed by atoms with Gasteiger partial charge in [-0.15, -0.1) is 0 Å². The van der Waals surface area contributed by atoms with Crippen LogP contribution in [0.5, 0.6) is 0 Å². The minimum absolute atomic E-state index is 0.104. The molecule has 0 bridgehead atoms. The average Bonchev–Trinajstić information content (AvgIpc) is 2.15. The van der Waals surface area contributed by atoms with Crippen molar-refractivity contribution in [2.45, 2.75) is 52.1 Å². The van der Waals surface area contributed by atoms with Crippen LogP contribution in [-0.2, 0) is 9.47 Å². The molecule has 0 spiro atoms. The van der Waals surface area contributed by atoms with E-state index in [1.165, 1.54) is 5.56 Å². The summed E-state index contributed by atoms with van der Waals surface area (Å²) >= 11 is 0. The van der Waals surface area contributed by atoms with E-state index in [4.69, 9.17) is 9.47 Å². The topological polar surface area (TPSA) is 18.5 Å². The Labute approximate surface area is 97.6 Å². The molecule has 2 nitrogen and oxygen atoms in total. The molecular weight excluding hydrogens is 200 g/mol. The molecule has 1 heterocycles. The van der Waals surface area contributed by atoms with Gasteiger partial charge in [-0.1, -0.05) is 29.8 Å². The summed E-state index contributed by atoms with van der Waals surface area (Å²) in [6, 6.07) is 8.34. The Morgan fingerprint density at radius 1 is 1.19 bits per heavy atom. The molecule has 16 heavy (non-hydrogen) atoms. The summed E-state index contributed by atoms with van der Waals surface area (Å²) in [4.78, 5) is 0. The molecule has 0 aliphatic carbocycles. The molecule has 2 rings (SSSR count). The van der Waals surface area contributed by atoms with Crippen LogP contribution in [0.15, 0.2) is 24.3 Å². The SMILES string of the molecule is Cc1ccc([C@@H]2O[C@@H](C)CC(C)(C)O2)cc1. The molecule has 0 saturated carbocycles. The lowest BCUT2D eigenvalue weighted by atomic mass is 9.99. The van der Waals surface area contributed by atoms with Crippen molar-refractivity contribution in [2.24, 2.45) is 0 Å². The minimum atomic E-state index is -0.223. The molecule has 1 fully saturated rings. The normalized spacial score (nSPS) is 29.0. The predicted octanol–water partition coefficient (Wildman–Crippen LogP) is 3.60. The third-order valence-electron chi connectivity index (χ3n) is 2.91. The first-order valence-electron chi connectivity index (χ1n) is 5.86. The van der Waals surface area contributed by atoms with E-state index in [2.05, 4.69) is 52.0 Å². The molecule has 1 aromatic rings. The van der Waals surface area contributed by atoms with E-state index >= 15 is 0 Å². The predicted molar refractivity (Wildman–Crippen MR) is 64.2 cm³/mol. The van der Waals surface area contributed by atoms with Crippen molar-refractivity contribution in [3.8, 4) is 0 Å². The van der Waals surface area contributed by atoms with Crippen LogP contribution in [0.1, 0.15) is 44.6 Å². The van der Waals surface area contributed by atoms with E-state index in [0.717, 1.165) is 12.0 Å². The van der Waals surface area contributed by atoms with Crippen molar-refractivity contribution in [2.75, 3.05) is 0 Å². The highest BCUT2D eigenvalue weighted by Gasteiger charge is 2.33. The molecule has 0 unspecified atom stereocenters. The summed E-state index contributed by atoms with van der Waals surface area (Å²) in [7, 11) is 0. The molecular formula is C14H20O2. The van der Waals surface area contributed by atoms with Crippen molar-refractivity contribution in [3.05, 3.63) is 35.4 Å². The molecule has 0 radical (unpaired) electrons. The van der Waals surface area contributed by atoms with Crippen molar-refractivity contribution >= 4 is 0 Å². The molecule has 88 valence electrons. The highest BCUT2D eigenvalue weighted by Crippen LogP contribution is 2.35. The van der Waals surface area contributed by atoms with Gasteiger partial charge >= 0.3 is 0 Å². The Bertz CT molecular complexity index is 354. The lowest BCUT2D eigenvalue weighted by Gasteiger charge is -2.39. The van der Waals surface area contributed by atoms with Crippen molar-refractivity contribution in [3.63, 3.8) is 0 Å². The van der Waals surface area contributed by atoms with Gasteiger partial charge < -0.3 is 9.47 Å². The largest absolute Gasteiger partial charge is 0.345 e.